The minimum atomic E-state index is -0.666. The van der Waals surface area contributed by atoms with Gasteiger partial charge in [0, 0.05) is 19.1 Å². The zero-order valence-electron chi connectivity index (χ0n) is 8.07. The number of nitrogens with zero attached hydrogens (tertiary/aromatic N) is 1. The number of hydrogen-bond donors (Lipinski definition) is 1. The predicted octanol–water partition coefficient (Wildman–Crippen LogP) is 1.36. The minimum absolute atomic E-state index is 0.184. The molecule has 0 spiro atoms. The normalized spacial score (nSPS) is 29.9. The van der Waals surface area contributed by atoms with E-state index in [9.17, 15) is 4.79 Å². The minimum Gasteiger partial charge on any atom is -0.481 e. The van der Waals surface area contributed by atoms with E-state index in [1.54, 1.807) is 0 Å². The van der Waals surface area contributed by atoms with Gasteiger partial charge in [0.25, 0.3) is 0 Å². The highest BCUT2D eigenvalue weighted by Gasteiger charge is 2.28. The average molecular weight is 183 g/mol. The summed E-state index contributed by atoms with van der Waals surface area (Å²) in [7, 11) is 0. The Kier molecular flexibility index (Phi) is 3.48. The number of carboxylic acids is 1. The molecule has 13 heavy (non-hydrogen) atoms. The van der Waals surface area contributed by atoms with E-state index in [0.717, 1.165) is 19.4 Å². The van der Waals surface area contributed by atoms with Gasteiger partial charge in [-0.1, -0.05) is 6.08 Å². The molecule has 1 N–H and O–H groups in total. The van der Waals surface area contributed by atoms with Crippen LogP contribution in [0.1, 0.15) is 19.8 Å². The monoisotopic (exact) mass is 183 g/mol. The Hall–Kier alpha value is -0.830. The Morgan fingerprint density at radius 2 is 2.38 bits per heavy atom. The molecule has 1 heterocycles. The Morgan fingerprint density at radius 3 is 2.92 bits per heavy atom. The summed E-state index contributed by atoms with van der Waals surface area (Å²) >= 11 is 0. The van der Waals surface area contributed by atoms with Gasteiger partial charge in [0.15, 0.2) is 0 Å². The average Bonchev–Trinajstić information content (AvgIpc) is 2.08. The first-order valence-electron chi connectivity index (χ1n) is 4.73. The molecule has 0 aromatic rings. The third-order valence-corrected chi connectivity index (χ3v) is 2.72. The van der Waals surface area contributed by atoms with Crippen LogP contribution in [0.5, 0.6) is 0 Å². The smallest absolute Gasteiger partial charge is 0.307 e. The van der Waals surface area contributed by atoms with Crippen LogP contribution in [0.25, 0.3) is 0 Å². The first kappa shape index (κ1) is 10.3. The molecule has 74 valence electrons. The Labute approximate surface area is 79.0 Å². The molecule has 3 nitrogen and oxygen atoms in total. The molecule has 1 saturated heterocycles. The number of aliphatic carboxylic acids is 1. The molecule has 0 radical (unpaired) electrons. The van der Waals surface area contributed by atoms with Crippen LogP contribution < -0.4 is 0 Å². The molecule has 3 heteroatoms. The third kappa shape index (κ3) is 2.56. The van der Waals surface area contributed by atoms with Gasteiger partial charge in [-0.15, -0.1) is 6.58 Å². The maximum Gasteiger partial charge on any atom is 0.307 e. The van der Waals surface area contributed by atoms with Crippen LogP contribution in [-0.4, -0.2) is 35.1 Å². The highest BCUT2D eigenvalue weighted by Crippen LogP contribution is 2.21. The van der Waals surface area contributed by atoms with Gasteiger partial charge in [-0.25, -0.2) is 0 Å². The van der Waals surface area contributed by atoms with E-state index < -0.39 is 5.97 Å². The van der Waals surface area contributed by atoms with Gasteiger partial charge in [-0.2, -0.15) is 0 Å². The van der Waals surface area contributed by atoms with E-state index in [2.05, 4.69) is 18.4 Å². The molecule has 0 amide bonds. The van der Waals surface area contributed by atoms with Crippen molar-refractivity contribution >= 4 is 5.97 Å². The molecule has 0 aliphatic carbocycles. The molecule has 0 aromatic carbocycles. The van der Waals surface area contributed by atoms with Gasteiger partial charge in [0.05, 0.1) is 5.92 Å². The SMILES string of the molecule is C=CCN1CC(C(=O)O)CCC1C. The van der Waals surface area contributed by atoms with Crippen LogP contribution in [0.4, 0.5) is 0 Å². The number of piperidine rings is 1. The van der Waals surface area contributed by atoms with Gasteiger partial charge in [-0.3, -0.25) is 9.69 Å². The van der Waals surface area contributed by atoms with Crippen molar-refractivity contribution in [2.45, 2.75) is 25.8 Å². The standard InChI is InChI=1S/C10H17NO2/c1-3-6-11-7-9(10(12)13)5-4-8(11)2/h3,8-9H,1,4-7H2,2H3,(H,12,13). The van der Waals surface area contributed by atoms with Gasteiger partial charge >= 0.3 is 5.97 Å². The quantitative estimate of drug-likeness (QED) is 0.671. The third-order valence-electron chi connectivity index (χ3n) is 2.72. The lowest BCUT2D eigenvalue weighted by Gasteiger charge is -2.35. The van der Waals surface area contributed by atoms with Crippen molar-refractivity contribution in [1.29, 1.82) is 0 Å². The largest absolute Gasteiger partial charge is 0.481 e. The van der Waals surface area contributed by atoms with Crippen molar-refractivity contribution in [3.63, 3.8) is 0 Å². The summed E-state index contributed by atoms with van der Waals surface area (Å²) in [5.74, 6) is -0.850. The predicted molar refractivity (Wildman–Crippen MR) is 51.6 cm³/mol. The highest BCUT2D eigenvalue weighted by atomic mass is 16.4. The molecule has 0 bridgehead atoms. The summed E-state index contributed by atoms with van der Waals surface area (Å²) < 4.78 is 0. The number of likely N-dealkylation sites (tertiary alicyclic amines) is 1. The molecular formula is C10H17NO2. The van der Waals surface area contributed by atoms with Crippen molar-refractivity contribution in [1.82, 2.24) is 4.90 Å². The van der Waals surface area contributed by atoms with Crippen LogP contribution in [0, 0.1) is 5.92 Å². The van der Waals surface area contributed by atoms with E-state index in [1.807, 2.05) is 6.08 Å². The van der Waals surface area contributed by atoms with Gasteiger partial charge in [-0.05, 0) is 19.8 Å². The second-order valence-corrected chi connectivity index (χ2v) is 3.70. The first-order chi connectivity index (χ1) is 6.15. The van der Waals surface area contributed by atoms with E-state index in [-0.39, 0.29) is 5.92 Å². The van der Waals surface area contributed by atoms with Crippen LogP contribution in [0.3, 0.4) is 0 Å². The number of carbonyl (C=O) groups is 1. The molecule has 0 aromatic heterocycles. The van der Waals surface area contributed by atoms with Crippen molar-refractivity contribution in [2.24, 2.45) is 5.92 Å². The van der Waals surface area contributed by atoms with Crippen LogP contribution in [-0.2, 0) is 4.79 Å². The maximum absolute atomic E-state index is 10.8. The molecule has 0 saturated carbocycles. The van der Waals surface area contributed by atoms with Crippen molar-refractivity contribution in [2.75, 3.05) is 13.1 Å². The van der Waals surface area contributed by atoms with Gasteiger partial charge in [0.2, 0.25) is 0 Å². The van der Waals surface area contributed by atoms with Crippen molar-refractivity contribution in [3.05, 3.63) is 12.7 Å². The number of carboxylic acid groups (broad SMARTS) is 1. The summed E-state index contributed by atoms with van der Waals surface area (Å²) in [5, 5.41) is 8.86. The van der Waals surface area contributed by atoms with Gasteiger partial charge < -0.3 is 5.11 Å². The fourth-order valence-electron chi connectivity index (χ4n) is 1.80. The molecule has 2 unspecified atom stereocenters. The summed E-state index contributed by atoms with van der Waals surface area (Å²) in [4.78, 5) is 12.9. The second kappa shape index (κ2) is 4.42. The van der Waals surface area contributed by atoms with Gasteiger partial charge in [0.1, 0.15) is 0 Å². The summed E-state index contributed by atoms with van der Waals surface area (Å²) in [6, 6.07) is 0.494. The van der Waals surface area contributed by atoms with E-state index >= 15 is 0 Å². The topological polar surface area (TPSA) is 40.5 Å². The van der Waals surface area contributed by atoms with E-state index in [4.69, 9.17) is 5.11 Å². The van der Waals surface area contributed by atoms with Crippen molar-refractivity contribution < 1.29 is 9.90 Å². The van der Waals surface area contributed by atoms with Crippen LogP contribution in [0.15, 0.2) is 12.7 Å². The van der Waals surface area contributed by atoms with Crippen LogP contribution in [0.2, 0.25) is 0 Å². The lowest BCUT2D eigenvalue weighted by molar-refractivity contribution is -0.144. The maximum atomic E-state index is 10.8. The van der Waals surface area contributed by atoms with Crippen molar-refractivity contribution in [3.8, 4) is 0 Å². The number of hydrogen-bond acceptors (Lipinski definition) is 2. The molecular weight excluding hydrogens is 166 g/mol. The second-order valence-electron chi connectivity index (χ2n) is 3.70. The zero-order valence-corrected chi connectivity index (χ0v) is 8.07. The highest BCUT2D eigenvalue weighted by molar-refractivity contribution is 5.70. The summed E-state index contributed by atoms with van der Waals surface area (Å²) in [5.41, 5.74) is 0. The lowest BCUT2D eigenvalue weighted by atomic mass is 9.93. The molecule has 1 fully saturated rings. The lowest BCUT2D eigenvalue weighted by Crippen LogP contribution is -2.43. The fourth-order valence-corrected chi connectivity index (χ4v) is 1.80. The first-order valence-corrected chi connectivity index (χ1v) is 4.73. The molecule has 1 aliphatic rings. The fraction of sp³-hybridized carbons (Fsp3) is 0.700. The summed E-state index contributed by atoms with van der Waals surface area (Å²) in [6.45, 7) is 7.28. The molecule has 2 atom stereocenters. The summed E-state index contributed by atoms with van der Waals surface area (Å²) in [6.07, 6.45) is 3.62. The van der Waals surface area contributed by atoms with E-state index in [0.29, 0.717) is 12.6 Å². The Morgan fingerprint density at radius 1 is 1.69 bits per heavy atom. The number of rotatable bonds is 3. The Bertz CT molecular complexity index is 203. The van der Waals surface area contributed by atoms with E-state index in [1.165, 1.54) is 0 Å². The zero-order chi connectivity index (χ0) is 9.84. The Balaban J connectivity index is 2.52. The van der Waals surface area contributed by atoms with Crippen LogP contribution >= 0.6 is 0 Å². The molecule has 1 rings (SSSR count). The molecule has 1 aliphatic heterocycles.